The number of carboxylic acid groups (broad SMARTS) is 1. The number of carboxylic acids is 1. The Labute approximate surface area is 113 Å². The minimum Gasteiger partial charge on any atom is -0.481 e. The Morgan fingerprint density at radius 2 is 2.21 bits per heavy atom. The maximum absolute atomic E-state index is 11.0. The van der Waals surface area contributed by atoms with Crippen molar-refractivity contribution in [3.63, 3.8) is 0 Å². The Morgan fingerprint density at radius 3 is 2.79 bits per heavy atom. The van der Waals surface area contributed by atoms with Gasteiger partial charge in [-0.25, -0.2) is 0 Å². The van der Waals surface area contributed by atoms with Crippen LogP contribution in [0.4, 0.5) is 0 Å². The molecule has 0 heterocycles. The lowest BCUT2D eigenvalue weighted by Crippen LogP contribution is -2.33. The molecule has 0 bridgehead atoms. The Bertz CT molecular complexity index is 503. The molecule has 0 saturated heterocycles. The summed E-state index contributed by atoms with van der Waals surface area (Å²) in [6.07, 6.45) is 2.25. The molecule has 4 heteroatoms. The molecule has 100 valence electrons. The Kier molecular flexibility index (Phi) is 4.18. The summed E-state index contributed by atoms with van der Waals surface area (Å²) in [6.45, 7) is 2.93. The minimum atomic E-state index is -0.765. The third-order valence-corrected chi connectivity index (χ3v) is 3.50. The predicted molar refractivity (Wildman–Crippen MR) is 71.4 cm³/mol. The second kappa shape index (κ2) is 5.85. The van der Waals surface area contributed by atoms with Crippen LogP contribution in [0.25, 0.3) is 0 Å². The van der Waals surface area contributed by atoms with Gasteiger partial charge >= 0.3 is 5.97 Å². The molecule has 19 heavy (non-hydrogen) atoms. The fraction of sp³-hybridized carbons (Fsp3) is 0.467. The zero-order valence-corrected chi connectivity index (χ0v) is 11.0. The molecule has 2 rings (SSSR count). The van der Waals surface area contributed by atoms with Gasteiger partial charge < -0.3 is 5.11 Å². The first-order chi connectivity index (χ1) is 9.11. The topological polar surface area (TPSA) is 64.3 Å². The van der Waals surface area contributed by atoms with E-state index in [0.717, 1.165) is 18.4 Å². The van der Waals surface area contributed by atoms with Gasteiger partial charge in [0.1, 0.15) is 0 Å². The van der Waals surface area contributed by atoms with Crippen molar-refractivity contribution < 1.29 is 9.90 Å². The van der Waals surface area contributed by atoms with Crippen LogP contribution in [0.15, 0.2) is 24.3 Å². The first kappa shape index (κ1) is 13.6. The van der Waals surface area contributed by atoms with Crippen molar-refractivity contribution in [2.24, 2.45) is 5.92 Å². The molecule has 4 nitrogen and oxygen atoms in total. The molecule has 1 aromatic carbocycles. The molecule has 1 aliphatic rings. The van der Waals surface area contributed by atoms with E-state index in [9.17, 15) is 4.79 Å². The molecular formula is C15H18N2O2. The van der Waals surface area contributed by atoms with Crippen molar-refractivity contribution in [2.75, 3.05) is 6.54 Å². The highest BCUT2D eigenvalue weighted by Gasteiger charge is 2.31. The van der Waals surface area contributed by atoms with Crippen LogP contribution in [0.2, 0.25) is 0 Å². The summed E-state index contributed by atoms with van der Waals surface area (Å²) in [5.41, 5.74) is 1.66. The number of rotatable bonds is 6. The van der Waals surface area contributed by atoms with Gasteiger partial charge in [0, 0.05) is 19.1 Å². The molecule has 0 aromatic heterocycles. The molecule has 0 spiro atoms. The van der Waals surface area contributed by atoms with Crippen LogP contribution < -0.4 is 0 Å². The molecule has 1 atom stereocenters. The molecule has 1 saturated carbocycles. The van der Waals surface area contributed by atoms with E-state index in [0.29, 0.717) is 24.7 Å². The van der Waals surface area contributed by atoms with Crippen LogP contribution in [-0.4, -0.2) is 28.6 Å². The van der Waals surface area contributed by atoms with Crippen LogP contribution >= 0.6 is 0 Å². The zero-order chi connectivity index (χ0) is 13.8. The van der Waals surface area contributed by atoms with Crippen LogP contribution in [0.3, 0.4) is 0 Å². The molecule has 1 aliphatic carbocycles. The van der Waals surface area contributed by atoms with E-state index in [-0.39, 0.29) is 5.92 Å². The van der Waals surface area contributed by atoms with Gasteiger partial charge in [0.25, 0.3) is 0 Å². The van der Waals surface area contributed by atoms with Crippen LogP contribution in [-0.2, 0) is 11.3 Å². The van der Waals surface area contributed by atoms with E-state index in [1.54, 1.807) is 13.0 Å². The number of aliphatic carboxylic acids is 1. The summed E-state index contributed by atoms with van der Waals surface area (Å²) in [5, 5.41) is 18.1. The third-order valence-electron chi connectivity index (χ3n) is 3.50. The number of nitrogens with zero attached hydrogens (tertiary/aromatic N) is 2. The molecule has 1 unspecified atom stereocenters. The van der Waals surface area contributed by atoms with E-state index in [1.807, 2.05) is 18.2 Å². The number of nitriles is 1. The van der Waals surface area contributed by atoms with Crippen molar-refractivity contribution in [1.82, 2.24) is 4.90 Å². The van der Waals surface area contributed by atoms with Gasteiger partial charge in [-0.3, -0.25) is 9.69 Å². The summed E-state index contributed by atoms with van der Waals surface area (Å²) in [6, 6.07) is 10.2. The first-order valence-electron chi connectivity index (χ1n) is 6.56. The van der Waals surface area contributed by atoms with Crippen molar-refractivity contribution in [3.8, 4) is 6.07 Å². The van der Waals surface area contributed by atoms with Gasteiger partial charge in [0.2, 0.25) is 0 Å². The number of carbonyl (C=O) groups is 1. The quantitative estimate of drug-likeness (QED) is 0.850. The van der Waals surface area contributed by atoms with Gasteiger partial charge in [-0.15, -0.1) is 0 Å². The molecule has 1 N–H and O–H groups in total. The summed E-state index contributed by atoms with van der Waals surface area (Å²) < 4.78 is 0. The smallest absolute Gasteiger partial charge is 0.307 e. The molecule has 0 aliphatic heterocycles. The zero-order valence-electron chi connectivity index (χ0n) is 11.0. The lowest BCUT2D eigenvalue weighted by molar-refractivity contribution is -0.141. The predicted octanol–water partition coefficient (Wildman–Crippen LogP) is 2.24. The fourth-order valence-electron chi connectivity index (χ4n) is 2.20. The second-order valence-corrected chi connectivity index (χ2v) is 5.17. The van der Waals surface area contributed by atoms with Crippen LogP contribution in [0.5, 0.6) is 0 Å². The average molecular weight is 258 g/mol. The highest BCUT2D eigenvalue weighted by atomic mass is 16.4. The van der Waals surface area contributed by atoms with Gasteiger partial charge in [-0.2, -0.15) is 5.26 Å². The van der Waals surface area contributed by atoms with Crippen LogP contribution in [0, 0.1) is 17.2 Å². The monoisotopic (exact) mass is 258 g/mol. The highest BCUT2D eigenvalue weighted by molar-refractivity contribution is 5.69. The lowest BCUT2D eigenvalue weighted by Gasteiger charge is -2.24. The maximum atomic E-state index is 11.0. The van der Waals surface area contributed by atoms with Gasteiger partial charge in [0.05, 0.1) is 17.6 Å². The molecule has 1 fully saturated rings. The van der Waals surface area contributed by atoms with E-state index < -0.39 is 5.97 Å². The molecule has 0 radical (unpaired) electrons. The minimum absolute atomic E-state index is 0.380. The second-order valence-electron chi connectivity index (χ2n) is 5.17. The van der Waals surface area contributed by atoms with Gasteiger partial charge in [-0.1, -0.05) is 25.1 Å². The van der Waals surface area contributed by atoms with Crippen molar-refractivity contribution >= 4 is 5.97 Å². The van der Waals surface area contributed by atoms with Crippen molar-refractivity contribution in [2.45, 2.75) is 32.4 Å². The largest absolute Gasteiger partial charge is 0.481 e. The summed E-state index contributed by atoms with van der Waals surface area (Å²) >= 11 is 0. The van der Waals surface area contributed by atoms with Crippen LogP contribution in [0.1, 0.15) is 30.9 Å². The standard InChI is InChI=1S/C15H18N2O2/c1-11(15(18)19)9-17(14-6-7-14)10-13-5-3-2-4-12(13)8-16/h2-5,11,14H,6-7,9-10H2,1H3,(H,18,19). The van der Waals surface area contributed by atoms with E-state index >= 15 is 0 Å². The maximum Gasteiger partial charge on any atom is 0.307 e. The highest BCUT2D eigenvalue weighted by Crippen LogP contribution is 2.29. The summed E-state index contributed by atoms with van der Waals surface area (Å²) in [7, 11) is 0. The third kappa shape index (κ3) is 3.55. The van der Waals surface area contributed by atoms with Gasteiger partial charge in [0.15, 0.2) is 0 Å². The average Bonchev–Trinajstić information content (AvgIpc) is 3.22. The molecule has 1 aromatic rings. The lowest BCUT2D eigenvalue weighted by atomic mass is 10.1. The number of hydrogen-bond donors (Lipinski definition) is 1. The van der Waals surface area contributed by atoms with E-state index in [2.05, 4.69) is 11.0 Å². The fourth-order valence-corrected chi connectivity index (χ4v) is 2.20. The SMILES string of the molecule is CC(CN(Cc1ccccc1C#N)C1CC1)C(=O)O. The van der Waals surface area contributed by atoms with Crippen molar-refractivity contribution in [3.05, 3.63) is 35.4 Å². The molecular weight excluding hydrogens is 240 g/mol. The summed E-state index contributed by atoms with van der Waals surface area (Å²) in [4.78, 5) is 13.2. The van der Waals surface area contributed by atoms with Crippen molar-refractivity contribution in [1.29, 1.82) is 5.26 Å². The first-order valence-corrected chi connectivity index (χ1v) is 6.56. The Balaban J connectivity index is 2.09. The summed E-state index contributed by atoms with van der Waals surface area (Å²) in [5.74, 6) is -1.14. The molecule has 0 amide bonds. The number of hydrogen-bond acceptors (Lipinski definition) is 3. The Morgan fingerprint density at radius 1 is 1.53 bits per heavy atom. The number of benzene rings is 1. The Hall–Kier alpha value is -1.86. The van der Waals surface area contributed by atoms with E-state index in [1.165, 1.54) is 0 Å². The van der Waals surface area contributed by atoms with Gasteiger partial charge in [-0.05, 0) is 24.5 Å². The van der Waals surface area contributed by atoms with E-state index in [4.69, 9.17) is 10.4 Å². The normalized spacial score (nSPS) is 16.1.